The number of nitrogens with two attached hydrogens (primary N) is 2. The van der Waals surface area contributed by atoms with Crippen LogP contribution in [0.15, 0.2) is 24.3 Å². The summed E-state index contributed by atoms with van der Waals surface area (Å²) in [6.07, 6.45) is 2.89. The lowest BCUT2D eigenvalue weighted by Crippen LogP contribution is -1.95. The van der Waals surface area contributed by atoms with Crippen LogP contribution in [0.5, 0.6) is 0 Å². The summed E-state index contributed by atoms with van der Waals surface area (Å²) in [5.41, 5.74) is 13.0. The van der Waals surface area contributed by atoms with Gasteiger partial charge >= 0.3 is 5.97 Å². The van der Waals surface area contributed by atoms with Gasteiger partial charge in [-0.25, -0.2) is 4.79 Å². The van der Waals surface area contributed by atoms with Crippen molar-refractivity contribution < 1.29 is 9.53 Å². The Hall–Kier alpha value is -1.97. The van der Waals surface area contributed by atoms with Crippen molar-refractivity contribution in [3.8, 4) is 0 Å². The van der Waals surface area contributed by atoms with E-state index >= 15 is 0 Å². The minimum Gasteiger partial charge on any atom is -0.466 e. The second kappa shape index (κ2) is 4.32. The summed E-state index contributed by atoms with van der Waals surface area (Å²) in [6, 6.07) is 5.09. The van der Waals surface area contributed by atoms with Gasteiger partial charge in [-0.2, -0.15) is 0 Å². The van der Waals surface area contributed by atoms with Gasteiger partial charge in [-0.3, -0.25) is 0 Å². The summed E-state index contributed by atoms with van der Waals surface area (Å²) >= 11 is 0. The van der Waals surface area contributed by atoms with E-state index in [9.17, 15) is 4.79 Å². The first kappa shape index (κ1) is 10.1. The molecule has 4 heteroatoms. The topological polar surface area (TPSA) is 78.3 Å². The Kier molecular flexibility index (Phi) is 3.12. The molecule has 0 aromatic heterocycles. The van der Waals surface area contributed by atoms with E-state index < -0.39 is 5.97 Å². The Morgan fingerprint density at radius 2 is 2.14 bits per heavy atom. The van der Waals surface area contributed by atoms with Crippen LogP contribution in [0.25, 0.3) is 6.08 Å². The van der Waals surface area contributed by atoms with Crippen LogP contribution in [0.4, 0.5) is 11.4 Å². The molecule has 0 aliphatic rings. The lowest BCUT2D eigenvalue weighted by Gasteiger charge is -2.00. The number of anilines is 2. The molecular weight excluding hydrogens is 180 g/mol. The van der Waals surface area contributed by atoms with Crippen molar-refractivity contribution in [2.45, 2.75) is 0 Å². The number of hydrogen-bond acceptors (Lipinski definition) is 4. The zero-order valence-electron chi connectivity index (χ0n) is 7.86. The Morgan fingerprint density at radius 3 is 2.71 bits per heavy atom. The zero-order valence-corrected chi connectivity index (χ0v) is 7.86. The standard InChI is InChI=1S/C10H12N2O2/c1-14-10(13)5-3-7-2-4-8(11)6-9(7)12/h2-6H,11-12H2,1H3/b5-3+. The molecule has 1 aromatic carbocycles. The first-order chi connectivity index (χ1) is 6.63. The van der Waals surface area contributed by atoms with E-state index in [1.54, 1.807) is 24.3 Å². The smallest absolute Gasteiger partial charge is 0.330 e. The highest BCUT2D eigenvalue weighted by Crippen LogP contribution is 2.16. The average molecular weight is 192 g/mol. The van der Waals surface area contributed by atoms with E-state index in [1.165, 1.54) is 13.2 Å². The van der Waals surface area contributed by atoms with Crippen LogP contribution in [0, 0.1) is 0 Å². The fourth-order valence-corrected chi connectivity index (χ4v) is 0.971. The van der Waals surface area contributed by atoms with Gasteiger partial charge < -0.3 is 16.2 Å². The van der Waals surface area contributed by atoms with Crippen LogP contribution in [-0.4, -0.2) is 13.1 Å². The predicted octanol–water partition coefficient (Wildman–Crippen LogP) is 1.04. The quantitative estimate of drug-likeness (QED) is 0.417. The number of rotatable bonds is 2. The number of hydrogen-bond donors (Lipinski definition) is 2. The number of carbonyl (C=O) groups is 1. The van der Waals surface area contributed by atoms with Gasteiger partial charge in [0.15, 0.2) is 0 Å². The Labute approximate surface area is 82.2 Å². The monoisotopic (exact) mass is 192 g/mol. The minimum atomic E-state index is -0.416. The fraction of sp³-hybridized carbons (Fsp3) is 0.100. The predicted molar refractivity (Wildman–Crippen MR) is 56.3 cm³/mol. The fourth-order valence-electron chi connectivity index (χ4n) is 0.971. The van der Waals surface area contributed by atoms with Gasteiger partial charge in [0.25, 0.3) is 0 Å². The molecule has 0 saturated carbocycles. The maximum absolute atomic E-state index is 10.8. The van der Waals surface area contributed by atoms with Crippen LogP contribution >= 0.6 is 0 Å². The molecule has 0 spiro atoms. The summed E-state index contributed by atoms with van der Waals surface area (Å²) < 4.78 is 4.44. The van der Waals surface area contributed by atoms with Crippen molar-refractivity contribution in [3.05, 3.63) is 29.8 Å². The van der Waals surface area contributed by atoms with Crippen LogP contribution < -0.4 is 11.5 Å². The van der Waals surface area contributed by atoms with Crippen LogP contribution in [0.2, 0.25) is 0 Å². The van der Waals surface area contributed by atoms with Crippen molar-refractivity contribution in [2.75, 3.05) is 18.6 Å². The molecule has 14 heavy (non-hydrogen) atoms. The molecule has 0 saturated heterocycles. The second-order valence-electron chi connectivity index (χ2n) is 2.74. The normalized spacial score (nSPS) is 10.4. The molecule has 0 aliphatic carbocycles. The first-order valence-corrected chi connectivity index (χ1v) is 4.04. The molecule has 1 rings (SSSR count). The molecule has 0 unspecified atom stereocenters. The third-order valence-corrected chi connectivity index (χ3v) is 1.71. The van der Waals surface area contributed by atoms with Gasteiger partial charge in [0.05, 0.1) is 7.11 Å². The molecule has 0 fully saturated rings. The molecule has 1 aromatic rings. The highest BCUT2D eigenvalue weighted by atomic mass is 16.5. The van der Waals surface area contributed by atoms with Crippen molar-refractivity contribution in [1.29, 1.82) is 0 Å². The zero-order chi connectivity index (χ0) is 10.6. The molecule has 0 bridgehead atoms. The van der Waals surface area contributed by atoms with Crippen molar-refractivity contribution in [1.82, 2.24) is 0 Å². The summed E-state index contributed by atoms with van der Waals surface area (Å²) in [6.45, 7) is 0. The van der Waals surface area contributed by atoms with E-state index in [1.807, 2.05) is 0 Å². The van der Waals surface area contributed by atoms with Gasteiger partial charge in [0.1, 0.15) is 0 Å². The SMILES string of the molecule is COC(=O)/C=C/c1ccc(N)cc1N. The number of methoxy groups -OCH3 is 1. The van der Waals surface area contributed by atoms with Gasteiger partial charge in [0, 0.05) is 17.5 Å². The molecule has 74 valence electrons. The van der Waals surface area contributed by atoms with Crippen LogP contribution in [0.3, 0.4) is 0 Å². The maximum atomic E-state index is 10.8. The number of carbonyl (C=O) groups excluding carboxylic acids is 1. The number of benzene rings is 1. The highest BCUT2D eigenvalue weighted by Gasteiger charge is 1.96. The highest BCUT2D eigenvalue weighted by molar-refractivity contribution is 5.88. The first-order valence-electron chi connectivity index (χ1n) is 4.04. The Balaban J connectivity index is 2.87. The lowest BCUT2D eigenvalue weighted by atomic mass is 10.1. The van der Waals surface area contributed by atoms with E-state index in [0.29, 0.717) is 11.4 Å². The Morgan fingerprint density at radius 1 is 1.43 bits per heavy atom. The van der Waals surface area contributed by atoms with E-state index in [0.717, 1.165) is 5.56 Å². The number of ether oxygens (including phenoxy) is 1. The Bertz CT molecular complexity index is 372. The lowest BCUT2D eigenvalue weighted by molar-refractivity contribution is -0.134. The minimum absolute atomic E-state index is 0.416. The van der Waals surface area contributed by atoms with Gasteiger partial charge in [-0.1, -0.05) is 6.07 Å². The molecule has 0 amide bonds. The molecule has 0 aliphatic heterocycles. The summed E-state index contributed by atoms with van der Waals surface area (Å²) in [4.78, 5) is 10.8. The van der Waals surface area contributed by atoms with Crippen molar-refractivity contribution >= 4 is 23.4 Å². The van der Waals surface area contributed by atoms with E-state index in [-0.39, 0.29) is 0 Å². The second-order valence-corrected chi connectivity index (χ2v) is 2.74. The number of nitrogen functional groups attached to an aromatic ring is 2. The van der Waals surface area contributed by atoms with Crippen molar-refractivity contribution in [3.63, 3.8) is 0 Å². The van der Waals surface area contributed by atoms with Crippen molar-refractivity contribution in [2.24, 2.45) is 0 Å². The maximum Gasteiger partial charge on any atom is 0.330 e. The molecule has 0 heterocycles. The van der Waals surface area contributed by atoms with Crippen LogP contribution in [-0.2, 0) is 9.53 Å². The number of esters is 1. The largest absolute Gasteiger partial charge is 0.466 e. The van der Waals surface area contributed by atoms with Crippen LogP contribution in [0.1, 0.15) is 5.56 Å². The van der Waals surface area contributed by atoms with E-state index in [2.05, 4.69) is 4.74 Å². The third kappa shape index (κ3) is 2.52. The molecule has 4 N–H and O–H groups in total. The van der Waals surface area contributed by atoms with Gasteiger partial charge in [-0.15, -0.1) is 0 Å². The third-order valence-electron chi connectivity index (χ3n) is 1.71. The van der Waals surface area contributed by atoms with Gasteiger partial charge in [0.2, 0.25) is 0 Å². The molecular formula is C10H12N2O2. The summed E-state index contributed by atoms with van der Waals surface area (Å²) in [7, 11) is 1.32. The molecule has 0 atom stereocenters. The van der Waals surface area contributed by atoms with Gasteiger partial charge in [-0.05, 0) is 23.8 Å². The summed E-state index contributed by atoms with van der Waals surface area (Å²) in [5.74, 6) is -0.416. The summed E-state index contributed by atoms with van der Waals surface area (Å²) in [5, 5.41) is 0. The molecule has 4 nitrogen and oxygen atoms in total. The van der Waals surface area contributed by atoms with E-state index in [4.69, 9.17) is 11.5 Å². The molecule has 0 radical (unpaired) electrons. The average Bonchev–Trinajstić information content (AvgIpc) is 2.16.